The van der Waals surface area contributed by atoms with Crippen molar-refractivity contribution in [1.29, 1.82) is 10.8 Å². The van der Waals surface area contributed by atoms with Gasteiger partial charge in [0, 0.05) is 88.3 Å². The molecule has 0 spiro atoms. The number of phenols is 4. The van der Waals surface area contributed by atoms with Crippen molar-refractivity contribution in [3.8, 4) is 23.0 Å². The number of benzene rings is 4. The van der Waals surface area contributed by atoms with Crippen molar-refractivity contribution in [2.75, 3.05) is 86.8 Å². The van der Waals surface area contributed by atoms with Gasteiger partial charge in [0.1, 0.15) is 59.4 Å². The Morgan fingerprint density at radius 3 is 1.67 bits per heavy atom. The number of nitrogens with two attached hydrogens (primary N) is 1. The zero-order chi connectivity index (χ0) is 58.4. The molecule has 2 fully saturated rings. The second kappa shape index (κ2) is 25.2. The molecule has 2 aliphatic heterocycles. The number of hydrogen-bond acceptors (Lipinski definition) is 14. The minimum Gasteiger partial charge on any atom is -0.508 e. The molecule has 2 aliphatic rings. The van der Waals surface area contributed by atoms with Gasteiger partial charge in [-0.05, 0) is 79.3 Å². The maximum atomic E-state index is 16.4. The van der Waals surface area contributed by atoms with Crippen LogP contribution in [0.2, 0.25) is 0 Å². The molecule has 18 nitrogen and oxygen atoms in total. The number of alkyl halides is 6. The lowest BCUT2D eigenvalue weighted by molar-refractivity contribution is -0.139. The first kappa shape index (κ1) is 60.9. The third-order valence-electron chi connectivity index (χ3n) is 13.6. The van der Waals surface area contributed by atoms with E-state index in [1.54, 1.807) is 48.1 Å². The van der Waals surface area contributed by atoms with Crippen LogP contribution in [0.3, 0.4) is 0 Å². The highest BCUT2D eigenvalue weighted by molar-refractivity contribution is 6.49. The van der Waals surface area contributed by atoms with E-state index in [0.29, 0.717) is 24.0 Å². The number of hydrogen-bond donors (Lipinski definition) is 9. The predicted molar refractivity (Wildman–Crippen MR) is 283 cm³/mol. The van der Waals surface area contributed by atoms with Gasteiger partial charge in [0.15, 0.2) is 6.17 Å². The quantitative estimate of drug-likeness (QED) is 0.0237. The summed E-state index contributed by atoms with van der Waals surface area (Å²) in [6.07, 6.45) is -11.8. The first-order chi connectivity index (χ1) is 36.9. The van der Waals surface area contributed by atoms with E-state index in [2.05, 4.69) is 28.6 Å². The Balaban J connectivity index is 1.31. The van der Waals surface area contributed by atoms with E-state index in [1.807, 2.05) is 0 Å². The van der Waals surface area contributed by atoms with Crippen molar-refractivity contribution >= 4 is 46.4 Å². The van der Waals surface area contributed by atoms with E-state index in [4.69, 9.17) is 11.1 Å². The monoisotopic (exact) mass is 1120 g/mol. The number of rotatable bonds is 16. The van der Waals surface area contributed by atoms with Gasteiger partial charge in [0.05, 0.1) is 29.2 Å². The summed E-state index contributed by atoms with van der Waals surface area (Å²) < 4.78 is 113. The Labute approximate surface area is 451 Å². The first-order valence-corrected chi connectivity index (χ1v) is 25.3. The summed E-state index contributed by atoms with van der Waals surface area (Å²) in [4.78, 5) is 40.6. The third kappa shape index (κ3) is 15.3. The molecule has 0 aromatic heterocycles. The summed E-state index contributed by atoms with van der Waals surface area (Å²) in [6, 6.07) is 12.0. The molecule has 0 saturated carbocycles. The molecule has 26 heteroatoms. The van der Waals surface area contributed by atoms with Gasteiger partial charge in [0.2, 0.25) is 5.84 Å². The van der Waals surface area contributed by atoms with Crippen molar-refractivity contribution in [2.24, 2.45) is 10.7 Å². The number of carbonyl (C=O) groups excluding carboxylic acids is 2. The highest BCUT2D eigenvalue weighted by Gasteiger charge is 2.36. The van der Waals surface area contributed by atoms with Crippen LogP contribution < -0.4 is 31.1 Å². The lowest BCUT2D eigenvalue weighted by Crippen LogP contribution is -2.56. The molecule has 1 atom stereocenters. The maximum absolute atomic E-state index is 16.4. The Morgan fingerprint density at radius 2 is 1.16 bits per heavy atom. The molecule has 6 rings (SSSR count). The second-order valence-electron chi connectivity index (χ2n) is 20.2. The highest BCUT2D eigenvalue weighted by atomic mass is 19.4. The molecule has 1 unspecified atom stereocenters. The van der Waals surface area contributed by atoms with Gasteiger partial charge in [0.25, 0.3) is 11.8 Å². The van der Waals surface area contributed by atoms with E-state index in [-0.39, 0.29) is 101 Å². The number of aromatic hydroxyl groups is 4. The SMILES string of the molecule is CC(C)c1cc(C(=N)N(/C(=N/CN2CCN(c3ccc(N(C(=N)c4cc(C(C)C)c(O)cc4O)C(N)C(=O)NCC(F)(F)F)cc3F)CC2)C(=O)NCC(F)(F)F)c2ccc(CN3CCN(C(C)C)CC3)c(F)c2)c(O)cc1O. The van der Waals surface area contributed by atoms with Gasteiger partial charge in [-0.25, -0.2) is 13.8 Å². The van der Waals surface area contributed by atoms with E-state index < -0.39 is 90.7 Å². The molecule has 2 amide bonds. The maximum Gasteiger partial charge on any atom is 0.405 e. The fourth-order valence-electron chi connectivity index (χ4n) is 9.12. The normalized spacial score (nSPS) is 15.7. The standard InChI is InChI=1S/C53H66F8N12O6/c1-29(2)35-21-37(44(76)23-42(35)74)46(62)72(48(64)50(78)65-26-52(56,57)58)33-9-10-41(40(55)20-33)71-17-13-69(14-18-71)28-67-49(51(79)66-27-53(59,60)61)73(47(63)38-22-36(30(3)4)43(75)24-45(38)77)34-8-7-32(39(54)19-34)25-68-11-15-70(16-12-68)31(5)6/h7-10,19-24,29-31,48,62-63,74-77H,11-18,25-28,64H2,1-6H3,(H,65,78)(H,66,79)/b62-46?,63-47?,67-49+. The highest BCUT2D eigenvalue weighted by Crippen LogP contribution is 2.37. The summed E-state index contributed by atoms with van der Waals surface area (Å²) in [5, 5.41) is 64.9. The van der Waals surface area contributed by atoms with E-state index >= 15 is 8.78 Å². The zero-order valence-corrected chi connectivity index (χ0v) is 44.4. The number of nitrogens with one attached hydrogen (secondary N) is 4. The topological polar surface area (TPSA) is 245 Å². The molecule has 2 saturated heterocycles. The zero-order valence-electron chi connectivity index (χ0n) is 44.4. The average molecular weight is 1120 g/mol. The van der Waals surface area contributed by atoms with Gasteiger partial charge in [-0.2, -0.15) is 26.3 Å². The molecular weight excluding hydrogens is 1050 g/mol. The molecule has 4 aromatic carbocycles. The molecule has 10 N–H and O–H groups in total. The summed E-state index contributed by atoms with van der Waals surface area (Å²) in [5.41, 5.74) is 5.86. The molecule has 0 bridgehead atoms. The summed E-state index contributed by atoms with van der Waals surface area (Å²) >= 11 is 0. The lowest BCUT2D eigenvalue weighted by atomic mass is 9.98. The van der Waals surface area contributed by atoms with Crippen LogP contribution in [0.25, 0.3) is 0 Å². The van der Waals surface area contributed by atoms with Crippen molar-refractivity contribution in [3.05, 3.63) is 100 Å². The third-order valence-corrected chi connectivity index (χ3v) is 13.6. The van der Waals surface area contributed by atoms with Crippen molar-refractivity contribution in [1.82, 2.24) is 25.3 Å². The lowest BCUT2D eigenvalue weighted by Gasteiger charge is -2.37. The van der Waals surface area contributed by atoms with Gasteiger partial charge < -0.3 is 46.6 Å². The number of phenolic OH excluding ortho intramolecular Hbond substituents is 4. The fourth-order valence-corrected chi connectivity index (χ4v) is 9.12. The largest absolute Gasteiger partial charge is 0.508 e. The molecule has 79 heavy (non-hydrogen) atoms. The van der Waals surface area contributed by atoms with Gasteiger partial charge >= 0.3 is 12.4 Å². The number of halogens is 8. The second-order valence-corrected chi connectivity index (χ2v) is 20.2. The number of anilines is 3. The molecule has 430 valence electrons. The number of nitrogens with zero attached hydrogens (tertiary/aromatic N) is 7. The molecular formula is C53H66F8N12O6. The Morgan fingerprint density at radius 1 is 0.658 bits per heavy atom. The summed E-state index contributed by atoms with van der Waals surface area (Å²) in [7, 11) is 0. The van der Waals surface area contributed by atoms with E-state index in [1.165, 1.54) is 36.4 Å². The number of piperazine rings is 2. The van der Waals surface area contributed by atoms with Crippen LogP contribution in [0.1, 0.15) is 81.2 Å². The smallest absolute Gasteiger partial charge is 0.405 e. The Bertz CT molecular complexity index is 2900. The Kier molecular flexibility index (Phi) is 19.5. The average Bonchev–Trinajstić information content (AvgIpc) is 3.37. The molecule has 0 radical (unpaired) electrons. The minimum atomic E-state index is -4.90. The first-order valence-electron chi connectivity index (χ1n) is 25.3. The number of aliphatic imine (C=N–C) groups is 1. The predicted octanol–water partition coefficient (Wildman–Crippen LogP) is 7.04. The van der Waals surface area contributed by atoms with E-state index in [9.17, 15) is 61.8 Å². The van der Waals surface area contributed by atoms with Crippen LogP contribution in [0, 0.1) is 22.5 Å². The summed E-state index contributed by atoms with van der Waals surface area (Å²) in [6.45, 7) is 10.3. The molecule has 0 aliphatic carbocycles. The minimum absolute atomic E-state index is 0.0207. The van der Waals surface area contributed by atoms with E-state index in [0.717, 1.165) is 42.3 Å². The van der Waals surface area contributed by atoms with Crippen LogP contribution >= 0.6 is 0 Å². The van der Waals surface area contributed by atoms with Crippen LogP contribution in [0.5, 0.6) is 23.0 Å². The van der Waals surface area contributed by atoms with Crippen LogP contribution in [0.15, 0.2) is 65.7 Å². The van der Waals surface area contributed by atoms with Crippen molar-refractivity contribution in [2.45, 2.75) is 84.5 Å². The van der Waals surface area contributed by atoms with Crippen molar-refractivity contribution in [3.63, 3.8) is 0 Å². The summed E-state index contributed by atoms with van der Waals surface area (Å²) in [5.74, 6) is -9.42. The van der Waals surface area contributed by atoms with Crippen LogP contribution in [-0.2, 0) is 16.1 Å². The fraction of sp³-hybridized carbons (Fsp3) is 0.453. The van der Waals surface area contributed by atoms with Gasteiger partial charge in [-0.3, -0.25) is 40.0 Å². The Hall–Kier alpha value is -7.29. The number of amidine groups is 3. The van der Waals surface area contributed by atoms with Gasteiger partial charge in [-0.15, -0.1) is 0 Å². The number of carbonyl (C=O) groups is 2. The molecule has 2 heterocycles. The van der Waals surface area contributed by atoms with Crippen LogP contribution in [-0.4, -0.2) is 161 Å². The van der Waals surface area contributed by atoms with Crippen LogP contribution in [0.4, 0.5) is 52.2 Å². The molecule has 4 aromatic rings. The van der Waals surface area contributed by atoms with Gasteiger partial charge in [-0.1, -0.05) is 33.8 Å². The number of amides is 2. The van der Waals surface area contributed by atoms with Crippen molar-refractivity contribution < 1.29 is 65.1 Å².